The molecule has 0 spiro atoms. The van der Waals surface area contributed by atoms with Gasteiger partial charge in [-0.1, -0.05) is 13.0 Å². The molecule has 0 aromatic heterocycles. The number of halogens is 3. The zero-order chi connectivity index (χ0) is 12.8. The van der Waals surface area contributed by atoms with E-state index < -0.39 is 23.5 Å². The van der Waals surface area contributed by atoms with Gasteiger partial charge in [0.05, 0.1) is 12.6 Å². The Bertz CT molecular complexity index is 371. The number of ether oxygens (including phenoxy) is 1. The van der Waals surface area contributed by atoms with Gasteiger partial charge in [-0.3, -0.25) is 0 Å². The number of benzene rings is 1. The van der Waals surface area contributed by atoms with Crippen molar-refractivity contribution in [2.24, 2.45) is 0 Å². The van der Waals surface area contributed by atoms with E-state index in [2.05, 4.69) is 5.32 Å². The van der Waals surface area contributed by atoms with Crippen LogP contribution in [0.3, 0.4) is 0 Å². The lowest BCUT2D eigenvalue weighted by Crippen LogP contribution is -2.23. The first-order chi connectivity index (χ1) is 8.11. The van der Waals surface area contributed by atoms with Crippen molar-refractivity contribution in [3.63, 3.8) is 0 Å². The molecule has 96 valence electrons. The van der Waals surface area contributed by atoms with Gasteiger partial charge in [0.15, 0.2) is 17.5 Å². The molecule has 0 heterocycles. The summed E-state index contributed by atoms with van der Waals surface area (Å²) in [5.41, 5.74) is 0.0718. The van der Waals surface area contributed by atoms with Gasteiger partial charge in [0.1, 0.15) is 0 Å². The number of nitrogens with one attached hydrogen (secondary N) is 1. The second-order valence-electron chi connectivity index (χ2n) is 3.68. The predicted octanol–water partition coefficient (Wildman–Crippen LogP) is 2.79. The molecule has 1 atom stereocenters. The van der Waals surface area contributed by atoms with Gasteiger partial charge in [-0.05, 0) is 19.5 Å². The van der Waals surface area contributed by atoms with Crippen molar-refractivity contribution in [1.82, 2.24) is 5.32 Å². The van der Waals surface area contributed by atoms with Crippen LogP contribution in [0.25, 0.3) is 0 Å². The minimum absolute atomic E-state index is 0.0718. The molecule has 1 unspecified atom stereocenters. The first-order valence-corrected chi connectivity index (χ1v) is 5.50. The van der Waals surface area contributed by atoms with Crippen molar-refractivity contribution in [2.45, 2.75) is 19.4 Å². The third kappa shape index (κ3) is 3.44. The van der Waals surface area contributed by atoms with Crippen molar-refractivity contribution in [2.75, 3.05) is 20.3 Å². The van der Waals surface area contributed by atoms with Gasteiger partial charge < -0.3 is 10.1 Å². The maximum atomic E-state index is 13.5. The lowest BCUT2D eigenvalue weighted by atomic mass is 10.1. The molecule has 2 nitrogen and oxygen atoms in total. The maximum Gasteiger partial charge on any atom is 0.194 e. The SMILES string of the molecule is CCCOCC(NC)c1ccc(F)c(F)c1F. The Hall–Kier alpha value is -1.07. The standard InChI is InChI=1S/C12H16F3NO/c1-3-6-17-7-10(16-2)8-4-5-9(13)12(15)11(8)14/h4-5,10,16H,3,6-7H2,1-2H3. The molecule has 0 saturated heterocycles. The second kappa shape index (κ2) is 6.61. The van der Waals surface area contributed by atoms with E-state index in [0.717, 1.165) is 12.5 Å². The Morgan fingerprint density at radius 2 is 1.94 bits per heavy atom. The molecule has 0 aliphatic heterocycles. The first kappa shape index (κ1) is 14.0. The van der Waals surface area contributed by atoms with Gasteiger partial charge in [0.2, 0.25) is 0 Å². The van der Waals surface area contributed by atoms with Gasteiger partial charge in [0, 0.05) is 12.2 Å². The van der Waals surface area contributed by atoms with E-state index in [1.54, 1.807) is 7.05 Å². The predicted molar refractivity (Wildman–Crippen MR) is 59.2 cm³/mol. The fourth-order valence-corrected chi connectivity index (χ4v) is 1.48. The molecule has 5 heteroatoms. The third-order valence-electron chi connectivity index (χ3n) is 2.42. The summed E-state index contributed by atoms with van der Waals surface area (Å²) in [7, 11) is 1.61. The Morgan fingerprint density at radius 3 is 2.53 bits per heavy atom. The number of likely N-dealkylation sites (N-methyl/N-ethyl adjacent to an activating group) is 1. The average molecular weight is 247 g/mol. The lowest BCUT2D eigenvalue weighted by molar-refractivity contribution is 0.113. The van der Waals surface area contributed by atoms with E-state index in [0.29, 0.717) is 6.61 Å². The van der Waals surface area contributed by atoms with Crippen LogP contribution in [0, 0.1) is 17.5 Å². The molecule has 0 aliphatic rings. The van der Waals surface area contributed by atoms with Crippen LogP contribution < -0.4 is 5.32 Å². The van der Waals surface area contributed by atoms with Gasteiger partial charge in [-0.15, -0.1) is 0 Å². The van der Waals surface area contributed by atoms with E-state index in [1.807, 2.05) is 6.92 Å². The van der Waals surface area contributed by atoms with Gasteiger partial charge in [0.25, 0.3) is 0 Å². The van der Waals surface area contributed by atoms with Crippen LogP contribution in [0.4, 0.5) is 13.2 Å². The van der Waals surface area contributed by atoms with Crippen LogP contribution in [0.1, 0.15) is 24.9 Å². The van der Waals surface area contributed by atoms with E-state index in [9.17, 15) is 13.2 Å². The fraction of sp³-hybridized carbons (Fsp3) is 0.500. The highest BCUT2D eigenvalue weighted by Crippen LogP contribution is 2.21. The van der Waals surface area contributed by atoms with Crippen molar-refractivity contribution in [1.29, 1.82) is 0 Å². The van der Waals surface area contributed by atoms with Crippen LogP contribution in [0.2, 0.25) is 0 Å². The molecular formula is C12H16F3NO. The Labute approximate surface area is 98.8 Å². The largest absolute Gasteiger partial charge is 0.379 e. The molecule has 0 fully saturated rings. The molecule has 1 aromatic carbocycles. The average Bonchev–Trinajstić information content (AvgIpc) is 2.33. The van der Waals surface area contributed by atoms with Crippen molar-refractivity contribution in [3.05, 3.63) is 35.1 Å². The van der Waals surface area contributed by atoms with Crippen LogP contribution >= 0.6 is 0 Å². The van der Waals surface area contributed by atoms with Gasteiger partial charge in [-0.2, -0.15) is 0 Å². The molecule has 1 aromatic rings. The highest BCUT2D eigenvalue weighted by molar-refractivity contribution is 5.23. The van der Waals surface area contributed by atoms with E-state index in [1.165, 1.54) is 6.07 Å². The van der Waals surface area contributed by atoms with Crippen molar-refractivity contribution < 1.29 is 17.9 Å². The minimum atomic E-state index is -1.45. The molecule has 1 rings (SSSR count). The van der Waals surface area contributed by atoms with E-state index in [4.69, 9.17) is 4.74 Å². The third-order valence-corrected chi connectivity index (χ3v) is 2.42. The molecular weight excluding hydrogens is 231 g/mol. The normalized spacial score (nSPS) is 12.8. The molecule has 0 saturated carbocycles. The lowest BCUT2D eigenvalue weighted by Gasteiger charge is -2.17. The summed E-state index contributed by atoms with van der Waals surface area (Å²) in [6.07, 6.45) is 0.844. The zero-order valence-corrected chi connectivity index (χ0v) is 9.90. The molecule has 0 bridgehead atoms. The summed E-state index contributed by atoms with van der Waals surface area (Å²) in [6.45, 7) is 2.71. The van der Waals surface area contributed by atoms with Crippen molar-refractivity contribution >= 4 is 0 Å². The highest BCUT2D eigenvalue weighted by atomic mass is 19.2. The van der Waals surface area contributed by atoms with E-state index in [-0.39, 0.29) is 12.2 Å². The van der Waals surface area contributed by atoms with Crippen LogP contribution in [0.5, 0.6) is 0 Å². The summed E-state index contributed by atoms with van der Waals surface area (Å²) >= 11 is 0. The van der Waals surface area contributed by atoms with Crippen LogP contribution in [0.15, 0.2) is 12.1 Å². The number of rotatable bonds is 6. The van der Waals surface area contributed by atoms with E-state index >= 15 is 0 Å². The quantitative estimate of drug-likeness (QED) is 0.616. The van der Waals surface area contributed by atoms with Crippen LogP contribution in [-0.4, -0.2) is 20.3 Å². The smallest absolute Gasteiger partial charge is 0.194 e. The topological polar surface area (TPSA) is 21.3 Å². The summed E-state index contributed by atoms with van der Waals surface area (Å²) in [5.74, 6) is -3.79. The minimum Gasteiger partial charge on any atom is -0.379 e. The Kier molecular flexibility index (Phi) is 5.44. The fourth-order valence-electron chi connectivity index (χ4n) is 1.48. The Morgan fingerprint density at radius 1 is 1.24 bits per heavy atom. The number of hydrogen-bond acceptors (Lipinski definition) is 2. The summed E-state index contributed by atoms with van der Waals surface area (Å²) < 4.78 is 44.6. The maximum absolute atomic E-state index is 13.5. The van der Waals surface area contributed by atoms with Crippen molar-refractivity contribution in [3.8, 4) is 0 Å². The zero-order valence-electron chi connectivity index (χ0n) is 9.90. The summed E-state index contributed by atoms with van der Waals surface area (Å²) in [5, 5.41) is 2.81. The summed E-state index contributed by atoms with van der Waals surface area (Å²) in [6, 6.07) is 1.65. The molecule has 17 heavy (non-hydrogen) atoms. The monoisotopic (exact) mass is 247 g/mol. The molecule has 1 N–H and O–H groups in total. The van der Waals surface area contributed by atoms with Gasteiger partial charge in [-0.25, -0.2) is 13.2 Å². The van der Waals surface area contributed by atoms with Gasteiger partial charge >= 0.3 is 0 Å². The molecule has 0 aliphatic carbocycles. The summed E-state index contributed by atoms with van der Waals surface area (Å²) in [4.78, 5) is 0. The first-order valence-electron chi connectivity index (χ1n) is 5.50. The molecule has 0 radical (unpaired) electrons. The molecule has 0 amide bonds. The highest BCUT2D eigenvalue weighted by Gasteiger charge is 2.19. The second-order valence-corrected chi connectivity index (χ2v) is 3.68. The Balaban J connectivity index is 2.85. The van der Waals surface area contributed by atoms with Crippen LogP contribution in [-0.2, 0) is 4.74 Å². The number of hydrogen-bond donors (Lipinski definition) is 1.